The quantitative estimate of drug-likeness (QED) is 0.483. The molecule has 0 atom stereocenters. The van der Waals surface area contributed by atoms with Crippen LogP contribution < -0.4 is 0 Å². The van der Waals surface area contributed by atoms with Gasteiger partial charge in [0.1, 0.15) is 5.82 Å². The summed E-state index contributed by atoms with van der Waals surface area (Å²) in [4.78, 5) is 3.81. The molecule has 9 heavy (non-hydrogen) atoms. The van der Waals surface area contributed by atoms with Crippen LogP contribution in [0.2, 0.25) is 0 Å². The number of hydrogen-bond acceptors (Lipinski definition) is 3. The Hall–Kier alpha value is -1.25. The van der Waals surface area contributed by atoms with Gasteiger partial charge in [-0.1, -0.05) is 0 Å². The highest BCUT2D eigenvalue weighted by atomic mass is 15.1. The Balaban J connectivity index is 0.000000291. The van der Waals surface area contributed by atoms with E-state index in [0.717, 1.165) is 0 Å². The van der Waals surface area contributed by atoms with E-state index in [1.807, 2.05) is 0 Å². The standard InChI is InChI=1S/C4H5N3.C2H4/c1-4-5-2-3-6-7-4;1-2/h2-3H,1H3;1-2H2. The third kappa shape index (κ3) is 3.34. The van der Waals surface area contributed by atoms with Gasteiger partial charge in [0.25, 0.3) is 0 Å². The van der Waals surface area contributed by atoms with Crippen LogP contribution >= 0.6 is 0 Å². The highest BCUT2D eigenvalue weighted by Crippen LogP contribution is 1.74. The lowest BCUT2D eigenvalue weighted by Gasteiger charge is -1.80. The summed E-state index contributed by atoms with van der Waals surface area (Å²) in [5, 5.41) is 7.19. The van der Waals surface area contributed by atoms with Crippen LogP contribution in [-0.4, -0.2) is 15.2 Å². The van der Waals surface area contributed by atoms with Crippen molar-refractivity contribution in [3.05, 3.63) is 31.4 Å². The van der Waals surface area contributed by atoms with Gasteiger partial charge in [0.15, 0.2) is 0 Å². The molecule has 0 amide bonds. The maximum Gasteiger partial charge on any atom is 0.147 e. The molecular formula is C6H9N3. The summed E-state index contributed by atoms with van der Waals surface area (Å²) in [6, 6.07) is 0. The zero-order valence-corrected chi connectivity index (χ0v) is 5.41. The molecule has 48 valence electrons. The van der Waals surface area contributed by atoms with Crippen molar-refractivity contribution in [2.45, 2.75) is 6.92 Å². The Morgan fingerprint density at radius 3 is 2.22 bits per heavy atom. The summed E-state index contributed by atoms with van der Waals surface area (Å²) in [6.45, 7) is 7.80. The fourth-order valence-corrected chi connectivity index (χ4v) is 0.314. The van der Waals surface area contributed by atoms with Gasteiger partial charge in [-0.15, -0.1) is 18.3 Å². The first-order valence-electron chi connectivity index (χ1n) is 2.50. The number of nitrogens with zero attached hydrogens (tertiary/aromatic N) is 3. The normalized spacial score (nSPS) is 7.22. The maximum absolute atomic E-state index is 3.81. The molecule has 0 spiro atoms. The predicted molar refractivity (Wildman–Crippen MR) is 35.8 cm³/mol. The molecule has 0 bridgehead atoms. The van der Waals surface area contributed by atoms with Crippen LogP contribution in [0.15, 0.2) is 25.6 Å². The SMILES string of the molecule is C=C.Cc1nccnn1. The topological polar surface area (TPSA) is 38.7 Å². The van der Waals surface area contributed by atoms with Crippen molar-refractivity contribution in [1.29, 1.82) is 0 Å². The molecule has 1 heterocycles. The fourth-order valence-electron chi connectivity index (χ4n) is 0.314. The number of aryl methyl sites for hydroxylation is 1. The third-order valence-corrected chi connectivity index (χ3v) is 0.597. The molecule has 0 N–H and O–H groups in total. The molecule has 0 fully saturated rings. The van der Waals surface area contributed by atoms with Crippen LogP contribution in [-0.2, 0) is 0 Å². The molecule has 1 aromatic heterocycles. The minimum atomic E-state index is 0.711. The van der Waals surface area contributed by atoms with Crippen molar-refractivity contribution >= 4 is 0 Å². The minimum Gasteiger partial charge on any atom is -0.238 e. The van der Waals surface area contributed by atoms with Crippen LogP contribution in [0, 0.1) is 6.92 Å². The first kappa shape index (κ1) is 7.75. The van der Waals surface area contributed by atoms with E-state index in [1.54, 1.807) is 19.3 Å². The van der Waals surface area contributed by atoms with Gasteiger partial charge in [-0.25, -0.2) is 4.98 Å². The molecule has 0 saturated heterocycles. The second-order valence-electron chi connectivity index (χ2n) is 1.19. The lowest BCUT2D eigenvalue weighted by molar-refractivity contribution is 0.907. The van der Waals surface area contributed by atoms with E-state index >= 15 is 0 Å². The lowest BCUT2D eigenvalue weighted by atomic mass is 10.7. The summed E-state index contributed by atoms with van der Waals surface area (Å²) in [6.07, 6.45) is 3.16. The van der Waals surface area contributed by atoms with Gasteiger partial charge in [0.2, 0.25) is 0 Å². The molecular weight excluding hydrogens is 114 g/mol. The second-order valence-corrected chi connectivity index (χ2v) is 1.19. The maximum atomic E-state index is 3.81. The van der Waals surface area contributed by atoms with Crippen molar-refractivity contribution in [1.82, 2.24) is 15.2 Å². The first-order chi connectivity index (χ1) is 4.39. The second kappa shape index (κ2) is 4.90. The smallest absolute Gasteiger partial charge is 0.147 e. The van der Waals surface area contributed by atoms with Gasteiger partial charge >= 0.3 is 0 Å². The molecule has 1 aromatic rings. The Labute approximate surface area is 54.5 Å². The monoisotopic (exact) mass is 123 g/mol. The van der Waals surface area contributed by atoms with E-state index in [0.29, 0.717) is 5.82 Å². The van der Waals surface area contributed by atoms with E-state index in [2.05, 4.69) is 28.3 Å². The van der Waals surface area contributed by atoms with Gasteiger partial charge in [-0.3, -0.25) is 0 Å². The Morgan fingerprint density at radius 1 is 1.33 bits per heavy atom. The van der Waals surface area contributed by atoms with Crippen LogP contribution in [0.3, 0.4) is 0 Å². The summed E-state index contributed by atoms with van der Waals surface area (Å²) in [5.41, 5.74) is 0. The van der Waals surface area contributed by atoms with E-state index in [4.69, 9.17) is 0 Å². The van der Waals surface area contributed by atoms with Gasteiger partial charge in [-0.05, 0) is 6.92 Å². The Bertz CT molecular complexity index is 150. The van der Waals surface area contributed by atoms with Crippen molar-refractivity contribution in [3.63, 3.8) is 0 Å². The van der Waals surface area contributed by atoms with Gasteiger partial charge in [0, 0.05) is 6.20 Å². The summed E-state index contributed by atoms with van der Waals surface area (Å²) in [5.74, 6) is 0.711. The minimum absolute atomic E-state index is 0.711. The fraction of sp³-hybridized carbons (Fsp3) is 0.167. The number of hydrogen-bond donors (Lipinski definition) is 0. The largest absolute Gasteiger partial charge is 0.238 e. The van der Waals surface area contributed by atoms with E-state index in [-0.39, 0.29) is 0 Å². The van der Waals surface area contributed by atoms with E-state index in [9.17, 15) is 0 Å². The summed E-state index contributed by atoms with van der Waals surface area (Å²) < 4.78 is 0. The van der Waals surface area contributed by atoms with Crippen molar-refractivity contribution < 1.29 is 0 Å². The van der Waals surface area contributed by atoms with E-state index < -0.39 is 0 Å². The average molecular weight is 123 g/mol. The van der Waals surface area contributed by atoms with Gasteiger partial charge in [0.05, 0.1) is 6.20 Å². The lowest BCUT2D eigenvalue weighted by Crippen LogP contribution is -1.85. The van der Waals surface area contributed by atoms with Crippen LogP contribution in [0.5, 0.6) is 0 Å². The van der Waals surface area contributed by atoms with Crippen LogP contribution in [0.1, 0.15) is 5.82 Å². The third-order valence-electron chi connectivity index (χ3n) is 0.597. The predicted octanol–water partition coefficient (Wildman–Crippen LogP) is 0.982. The molecule has 0 aliphatic heterocycles. The first-order valence-corrected chi connectivity index (χ1v) is 2.50. The number of rotatable bonds is 0. The van der Waals surface area contributed by atoms with Crippen LogP contribution in [0.4, 0.5) is 0 Å². The van der Waals surface area contributed by atoms with Gasteiger partial charge < -0.3 is 0 Å². The zero-order valence-electron chi connectivity index (χ0n) is 5.41. The van der Waals surface area contributed by atoms with Crippen molar-refractivity contribution in [2.24, 2.45) is 0 Å². The number of aromatic nitrogens is 3. The highest BCUT2D eigenvalue weighted by molar-refractivity contribution is 4.74. The van der Waals surface area contributed by atoms with Gasteiger partial charge in [-0.2, -0.15) is 5.10 Å². The Kier molecular flexibility index (Phi) is 4.22. The van der Waals surface area contributed by atoms with Crippen molar-refractivity contribution in [3.8, 4) is 0 Å². The highest BCUT2D eigenvalue weighted by Gasteiger charge is 1.76. The summed E-state index contributed by atoms with van der Waals surface area (Å²) >= 11 is 0. The Morgan fingerprint density at radius 2 is 2.00 bits per heavy atom. The van der Waals surface area contributed by atoms with Crippen LogP contribution in [0.25, 0.3) is 0 Å². The molecule has 0 saturated carbocycles. The molecule has 0 aromatic carbocycles. The molecule has 0 unspecified atom stereocenters. The molecule has 0 aliphatic rings. The molecule has 3 heteroatoms. The summed E-state index contributed by atoms with van der Waals surface area (Å²) in [7, 11) is 0. The molecule has 0 radical (unpaired) electrons. The molecule has 0 aliphatic carbocycles. The zero-order chi connectivity index (χ0) is 7.11. The van der Waals surface area contributed by atoms with E-state index in [1.165, 1.54) is 0 Å². The van der Waals surface area contributed by atoms with Crippen molar-refractivity contribution in [2.75, 3.05) is 0 Å². The molecule has 1 rings (SSSR count). The molecule has 3 nitrogen and oxygen atoms in total. The average Bonchev–Trinajstić information content (AvgIpc) is 1.94.